The van der Waals surface area contributed by atoms with Crippen molar-refractivity contribution in [2.24, 2.45) is 0 Å². The van der Waals surface area contributed by atoms with Gasteiger partial charge in [-0.3, -0.25) is 0 Å². The van der Waals surface area contributed by atoms with E-state index < -0.39 is 12.0 Å². The van der Waals surface area contributed by atoms with Gasteiger partial charge in [-0.25, -0.2) is 18.4 Å². The lowest BCUT2D eigenvalue weighted by Crippen LogP contribution is -2.55. The third kappa shape index (κ3) is 3.26. The number of phenols is 1. The van der Waals surface area contributed by atoms with Gasteiger partial charge >= 0.3 is 0 Å². The van der Waals surface area contributed by atoms with E-state index in [1.807, 2.05) is 7.05 Å². The number of nitrogens with zero attached hydrogens (tertiary/aromatic N) is 6. The van der Waals surface area contributed by atoms with Gasteiger partial charge in [0.15, 0.2) is 17.5 Å². The van der Waals surface area contributed by atoms with E-state index in [-0.39, 0.29) is 23.7 Å². The minimum Gasteiger partial charge on any atom is -0.507 e. The summed E-state index contributed by atoms with van der Waals surface area (Å²) in [6.07, 6.45) is 5.44. The summed E-state index contributed by atoms with van der Waals surface area (Å²) in [4.78, 5) is 6.12. The number of phenolic OH excluding ortho intramolecular Hbond substituents is 1. The lowest BCUT2D eigenvalue weighted by Gasteiger charge is -2.38. The second kappa shape index (κ2) is 7.28. The van der Waals surface area contributed by atoms with Crippen LogP contribution in [-0.2, 0) is 0 Å². The summed E-state index contributed by atoms with van der Waals surface area (Å²) in [5, 5.41) is 25.9. The number of alkyl halides is 1. The Morgan fingerprint density at radius 1 is 1.23 bits per heavy atom. The number of hydrogen-bond acceptors (Lipinski definition) is 7. The van der Waals surface area contributed by atoms with Crippen molar-refractivity contribution in [3.8, 4) is 22.8 Å². The second-order valence-corrected chi connectivity index (χ2v) is 7.85. The van der Waals surface area contributed by atoms with Crippen LogP contribution in [0.5, 0.6) is 5.75 Å². The minimum absolute atomic E-state index is 0.0786. The van der Waals surface area contributed by atoms with Crippen molar-refractivity contribution in [1.29, 1.82) is 0 Å². The second-order valence-electron chi connectivity index (χ2n) is 7.85. The van der Waals surface area contributed by atoms with Crippen LogP contribution in [0, 0.1) is 5.82 Å². The zero-order valence-electron chi connectivity index (χ0n) is 16.3. The Balaban J connectivity index is 1.36. The Hall–Kier alpha value is -3.14. The maximum atomic E-state index is 14.8. The van der Waals surface area contributed by atoms with Crippen molar-refractivity contribution in [2.45, 2.75) is 43.6 Å². The molecule has 5 rings (SSSR count). The molecule has 156 valence electrons. The first-order valence-corrected chi connectivity index (χ1v) is 9.86. The largest absolute Gasteiger partial charge is 0.507 e. The van der Waals surface area contributed by atoms with E-state index in [2.05, 4.69) is 25.6 Å². The van der Waals surface area contributed by atoms with E-state index in [0.29, 0.717) is 29.5 Å². The fourth-order valence-electron chi connectivity index (χ4n) is 4.37. The normalized spacial score (nSPS) is 25.4. The zero-order valence-corrected chi connectivity index (χ0v) is 16.3. The van der Waals surface area contributed by atoms with Gasteiger partial charge in [-0.05, 0) is 31.4 Å². The van der Waals surface area contributed by atoms with E-state index in [9.17, 15) is 13.9 Å². The summed E-state index contributed by atoms with van der Waals surface area (Å²) in [5.41, 5.74) is 0.885. The van der Waals surface area contributed by atoms with Gasteiger partial charge in [-0.2, -0.15) is 5.10 Å². The quantitative estimate of drug-likeness (QED) is 0.678. The molecule has 0 radical (unpaired) electrons. The monoisotopic (exact) mass is 413 g/mol. The first-order chi connectivity index (χ1) is 14.5. The van der Waals surface area contributed by atoms with Crippen LogP contribution in [0.4, 0.5) is 14.6 Å². The van der Waals surface area contributed by atoms with Crippen LogP contribution in [-0.4, -0.2) is 61.4 Å². The Kier molecular flexibility index (Phi) is 4.58. The molecule has 10 heteroatoms. The van der Waals surface area contributed by atoms with E-state index in [0.717, 1.165) is 19.0 Å². The Morgan fingerprint density at radius 3 is 2.80 bits per heavy atom. The van der Waals surface area contributed by atoms with Gasteiger partial charge in [0.2, 0.25) is 0 Å². The Labute approximate surface area is 171 Å². The molecule has 30 heavy (non-hydrogen) atoms. The number of anilines is 1. The Bertz CT molecular complexity index is 1060. The van der Waals surface area contributed by atoms with Gasteiger partial charge in [0.1, 0.15) is 11.9 Å². The zero-order chi connectivity index (χ0) is 20.8. The molecule has 2 aliphatic heterocycles. The van der Waals surface area contributed by atoms with E-state index in [1.165, 1.54) is 23.1 Å². The van der Waals surface area contributed by atoms with Crippen LogP contribution in [0.2, 0.25) is 0 Å². The molecular weight excluding hydrogens is 392 g/mol. The fraction of sp³-hybridized carbons (Fsp3) is 0.400. The van der Waals surface area contributed by atoms with Crippen LogP contribution >= 0.6 is 0 Å². The number of hydrogen-bond donors (Lipinski definition) is 2. The molecule has 2 N–H and O–H groups in total. The molecule has 0 aliphatic carbocycles. The summed E-state index contributed by atoms with van der Waals surface area (Å²) in [6, 6.07) is 4.70. The molecule has 2 aliphatic rings. The third-order valence-corrected chi connectivity index (χ3v) is 6.00. The number of fused-ring (bicyclic) bond motifs is 2. The van der Waals surface area contributed by atoms with Gasteiger partial charge in [0, 0.05) is 25.2 Å². The molecule has 2 fully saturated rings. The lowest BCUT2D eigenvalue weighted by molar-refractivity contribution is 0.176. The van der Waals surface area contributed by atoms with Crippen molar-refractivity contribution >= 4 is 5.82 Å². The van der Waals surface area contributed by atoms with Crippen molar-refractivity contribution < 1.29 is 13.9 Å². The molecule has 3 aromatic rings. The highest BCUT2D eigenvalue weighted by molar-refractivity contribution is 5.66. The number of rotatable bonds is 4. The SMILES string of the molecule is CN(c1cnc(-c2ccc(-n3cc(F)cn3)cc2O)nn1)[C@H]1CC2CCC(N2)[C@H]1F. The van der Waals surface area contributed by atoms with Gasteiger partial charge in [0.25, 0.3) is 0 Å². The van der Waals surface area contributed by atoms with Crippen molar-refractivity contribution in [1.82, 2.24) is 30.3 Å². The maximum absolute atomic E-state index is 14.8. The molecule has 0 amide bonds. The van der Waals surface area contributed by atoms with Crippen LogP contribution < -0.4 is 10.2 Å². The van der Waals surface area contributed by atoms with Gasteiger partial charge in [0.05, 0.1) is 35.9 Å². The van der Waals surface area contributed by atoms with Gasteiger partial charge < -0.3 is 15.3 Å². The average molecular weight is 413 g/mol. The van der Waals surface area contributed by atoms with Crippen molar-refractivity contribution in [3.63, 3.8) is 0 Å². The van der Waals surface area contributed by atoms with Crippen molar-refractivity contribution in [3.05, 3.63) is 42.6 Å². The smallest absolute Gasteiger partial charge is 0.185 e. The summed E-state index contributed by atoms with van der Waals surface area (Å²) in [6.45, 7) is 0. The summed E-state index contributed by atoms with van der Waals surface area (Å²) in [7, 11) is 1.81. The molecular formula is C20H21F2N7O. The highest BCUT2D eigenvalue weighted by Crippen LogP contribution is 2.33. The van der Waals surface area contributed by atoms with Crippen LogP contribution in [0.15, 0.2) is 36.8 Å². The molecule has 2 unspecified atom stereocenters. The lowest BCUT2D eigenvalue weighted by atomic mass is 9.96. The van der Waals surface area contributed by atoms with E-state index in [4.69, 9.17) is 0 Å². The molecule has 1 aromatic carbocycles. The fourth-order valence-corrected chi connectivity index (χ4v) is 4.37. The molecule has 4 atom stereocenters. The van der Waals surface area contributed by atoms with Crippen LogP contribution in [0.3, 0.4) is 0 Å². The average Bonchev–Trinajstić information content (AvgIpc) is 3.37. The molecule has 2 bridgehead atoms. The number of aromatic nitrogens is 5. The topological polar surface area (TPSA) is 92.0 Å². The first-order valence-electron chi connectivity index (χ1n) is 9.86. The third-order valence-electron chi connectivity index (χ3n) is 6.00. The van der Waals surface area contributed by atoms with Crippen molar-refractivity contribution in [2.75, 3.05) is 11.9 Å². The highest BCUT2D eigenvalue weighted by atomic mass is 19.1. The number of nitrogens with one attached hydrogen (secondary N) is 1. The summed E-state index contributed by atoms with van der Waals surface area (Å²) >= 11 is 0. The number of aromatic hydroxyl groups is 1. The van der Waals surface area contributed by atoms with Crippen LogP contribution in [0.1, 0.15) is 19.3 Å². The van der Waals surface area contributed by atoms with Gasteiger partial charge in [-0.15, -0.1) is 10.2 Å². The molecule has 2 saturated heterocycles. The standard InChI is InChI=1S/C20H21F2N7O/c1-28(16-6-12-2-5-15(25-12)19(16)22)18-9-23-20(27-26-18)14-4-3-13(7-17(14)30)29-10-11(21)8-24-29/h3-4,7-10,12,15-16,19,25,30H,2,5-6H2,1H3/t12?,15?,16-,19+/m0/s1. The minimum atomic E-state index is -0.973. The highest BCUT2D eigenvalue weighted by Gasteiger charge is 2.43. The predicted molar refractivity (Wildman–Crippen MR) is 106 cm³/mol. The first kappa shape index (κ1) is 18.9. The number of piperidine rings is 1. The molecule has 8 nitrogen and oxygen atoms in total. The van der Waals surface area contributed by atoms with Gasteiger partial charge in [-0.1, -0.05) is 0 Å². The van der Waals surface area contributed by atoms with Crippen LogP contribution in [0.25, 0.3) is 17.1 Å². The predicted octanol–water partition coefficient (Wildman–Crippen LogP) is 2.24. The summed E-state index contributed by atoms with van der Waals surface area (Å²) in [5.74, 6) is 0.175. The maximum Gasteiger partial charge on any atom is 0.185 e. The Morgan fingerprint density at radius 2 is 2.10 bits per heavy atom. The molecule has 0 saturated carbocycles. The summed E-state index contributed by atoms with van der Waals surface area (Å²) < 4.78 is 29.3. The molecule has 2 aromatic heterocycles. The molecule has 0 spiro atoms. The number of benzene rings is 1. The molecule has 4 heterocycles. The number of halogens is 2. The van der Waals surface area contributed by atoms with E-state index in [1.54, 1.807) is 17.0 Å². The van der Waals surface area contributed by atoms with E-state index >= 15 is 0 Å².